The Morgan fingerprint density at radius 2 is 0.941 bits per heavy atom. The summed E-state index contributed by atoms with van der Waals surface area (Å²) >= 11 is 6.81. The number of amides is 2. The van der Waals surface area contributed by atoms with Crippen LogP contribution in [-0.4, -0.2) is 23.2 Å². The Bertz CT molecular complexity index is 905. The summed E-state index contributed by atoms with van der Waals surface area (Å²) in [5.41, 5.74) is 8.77. The van der Waals surface area contributed by atoms with Gasteiger partial charge in [0.1, 0.15) is 0 Å². The normalized spacial score (nSPS) is 11.9. The van der Waals surface area contributed by atoms with E-state index in [2.05, 4.69) is 52.9 Å². The standard InChI is InChI=1S/C26H32Br2N4O2/c1-19(21-11-15-23(27)16-12-21)29-31-25(33)9-7-5-3-4-6-8-10-26(34)32-30-20(2)22-13-17-24(28)18-14-22/h11-18H,3-10H2,1-2H3,(H,31,33)(H,32,34)/b29-19-,30-20-. The van der Waals surface area contributed by atoms with E-state index < -0.39 is 0 Å². The molecule has 0 saturated heterocycles. The van der Waals surface area contributed by atoms with Crippen molar-refractivity contribution < 1.29 is 9.59 Å². The Kier molecular flexibility index (Phi) is 12.8. The summed E-state index contributed by atoms with van der Waals surface area (Å²) < 4.78 is 2.02. The lowest BCUT2D eigenvalue weighted by molar-refractivity contribution is -0.122. The van der Waals surface area contributed by atoms with Crippen LogP contribution in [0.1, 0.15) is 76.3 Å². The van der Waals surface area contributed by atoms with Crippen LogP contribution in [0.3, 0.4) is 0 Å². The molecule has 6 nitrogen and oxygen atoms in total. The van der Waals surface area contributed by atoms with Gasteiger partial charge in [-0.3, -0.25) is 9.59 Å². The fourth-order valence-electron chi connectivity index (χ4n) is 3.19. The highest BCUT2D eigenvalue weighted by Gasteiger charge is 2.04. The van der Waals surface area contributed by atoms with Crippen molar-refractivity contribution in [2.45, 2.75) is 65.2 Å². The fourth-order valence-corrected chi connectivity index (χ4v) is 3.72. The summed E-state index contributed by atoms with van der Waals surface area (Å²) in [5.74, 6) is -0.126. The van der Waals surface area contributed by atoms with Crippen molar-refractivity contribution in [1.82, 2.24) is 10.9 Å². The molecule has 8 heteroatoms. The van der Waals surface area contributed by atoms with E-state index in [0.29, 0.717) is 12.8 Å². The maximum absolute atomic E-state index is 12.0. The first-order valence-corrected chi connectivity index (χ1v) is 13.1. The SMILES string of the molecule is C/C(=N/NC(=O)CCCCCCCCC(=O)N/N=C(/C)c1ccc(Br)cc1)c1ccc(Br)cc1. The van der Waals surface area contributed by atoms with Crippen LogP contribution in [0.2, 0.25) is 0 Å². The minimum Gasteiger partial charge on any atom is -0.273 e. The third-order valence-corrected chi connectivity index (χ3v) is 6.34. The van der Waals surface area contributed by atoms with Crippen LogP contribution in [0.15, 0.2) is 67.7 Å². The average Bonchev–Trinajstić information content (AvgIpc) is 2.83. The molecule has 0 aliphatic carbocycles. The van der Waals surface area contributed by atoms with Gasteiger partial charge in [-0.05, 0) is 62.1 Å². The molecule has 0 radical (unpaired) electrons. The van der Waals surface area contributed by atoms with Gasteiger partial charge in [-0.2, -0.15) is 10.2 Å². The molecule has 0 heterocycles. The minimum absolute atomic E-state index is 0.0629. The molecule has 2 aromatic rings. The second kappa shape index (κ2) is 15.6. The molecule has 2 amide bonds. The summed E-state index contributed by atoms with van der Waals surface area (Å²) in [6.45, 7) is 3.75. The van der Waals surface area contributed by atoms with Crippen molar-refractivity contribution in [3.8, 4) is 0 Å². The van der Waals surface area contributed by atoms with Gasteiger partial charge < -0.3 is 0 Å². The van der Waals surface area contributed by atoms with E-state index in [9.17, 15) is 9.59 Å². The third kappa shape index (κ3) is 11.2. The summed E-state index contributed by atoms with van der Waals surface area (Å²) in [6, 6.07) is 15.6. The lowest BCUT2D eigenvalue weighted by Crippen LogP contribution is -2.19. The van der Waals surface area contributed by atoms with E-state index in [1.165, 1.54) is 0 Å². The van der Waals surface area contributed by atoms with Gasteiger partial charge in [-0.25, -0.2) is 10.9 Å². The molecule has 0 unspecified atom stereocenters. The van der Waals surface area contributed by atoms with Crippen LogP contribution in [0.25, 0.3) is 0 Å². The molecule has 0 aliphatic rings. The molecule has 2 rings (SSSR count). The smallest absolute Gasteiger partial charge is 0.240 e. The molecule has 2 N–H and O–H groups in total. The highest BCUT2D eigenvalue weighted by atomic mass is 79.9. The first kappa shape index (κ1) is 27.9. The number of carbonyl (C=O) groups is 2. The topological polar surface area (TPSA) is 82.9 Å². The Balaban J connectivity index is 1.50. The number of nitrogens with one attached hydrogen (secondary N) is 2. The Morgan fingerprint density at radius 1 is 0.618 bits per heavy atom. The number of hydrazone groups is 2. The van der Waals surface area contributed by atoms with Crippen LogP contribution < -0.4 is 10.9 Å². The summed E-state index contributed by atoms with van der Waals surface area (Å²) in [4.78, 5) is 24.0. The second-order valence-electron chi connectivity index (χ2n) is 8.10. The highest BCUT2D eigenvalue weighted by Crippen LogP contribution is 2.12. The minimum atomic E-state index is -0.0629. The molecule has 0 bridgehead atoms. The summed E-state index contributed by atoms with van der Waals surface area (Å²) in [7, 11) is 0. The van der Waals surface area contributed by atoms with Crippen LogP contribution in [0, 0.1) is 0 Å². The number of unbranched alkanes of at least 4 members (excludes halogenated alkanes) is 5. The predicted molar refractivity (Wildman–Crippen MR) is 146 cm³/mol. The first-order chi connectivity index (χ1) is 16.3. The van der Waals surface area contributed by atoms with Crippen LogP contribution in [-0.2, 0) is 9.59 Å². The third-order valence-electron chi connectivity index (χ3n) is 5.28. The van der Waals surface area contributed by atoms with Gasteiger partial charge in [-0.1, -0.05) is 81.8 Å². The van der Waals surface area contributed by atoms with Crippen LogP contribution in [0.5, 0.6) is 0 Å². The molecular weight excluding hydrogens is 560 g/mol. The highest BCUT2D eigenvalue weighted by molar-refractivity contribution is 9.10. The van der Waals surface area contributed by atoms with Gasteiger partial charge in [0.05, 0.1) is 11.4 Å². The van der Waals surface area contributed by atoms with E-state index in [4.69, 9.17) is 0 Å². The zero-order chi connectivity index (χ0) is 24.8. The Morgan fingerprint density at radius 3 is 1.29 bits per heavy atom. The van der Waals surface area contributed by atoms with Gasteiger partial charge in [0.15, 0.2) is 0 Å². The molecule has 0 aliphatic heterocycles. The van der Waals surface area contributed by atoms with E-state index in [0.717, 1.165) is 70.0 Å². The number of benzene rings is 2. The van der Waals surface area contributed by atoms with Gasteiger partial charge in [0, 0.05) is 21.8 Å². The van der Waals surface area contributed by atoms with Gasteiger partial charge in [0.25, 0.3) is 0 Å². The molecule has 0 atom stereocenters. The second-order valence-corrected chi connectivity index (χ2v) is 9.93. The number of halogens is 2. The maximum Gasteiger partial charge on any atom is 0.240 e. The summed E-state index contributed by atoms with van der Waals surface area (Å²) in [6.07, 6.45) is 6.70. The zero-order valence-electron chi connectivity index (χ0n) is 19.7. The average molecular weight is 592 g/mol. The maximum atomic E-state index is 12.0. The monoisotopic (exact) mass is 590 g/mol. The number of nitrogens with zero attached hydrogens (tertiary/aromatic N) is 2. The van der Waals surface area contributed by atoms with Crippen molar-refractivity contribution in [3.63, 3.8) is 0 Å². The number of hydrogen-bond acceptors (Lipinski definition) is 4. The molecule has 34 heavy (non-hydrogen) atoms. The van der Waals surface area contributed by atoms with Crippen LogP contribution >= 0.6 is 31.9 Å². The molecule has 182 valence electrons. The van der Waals surface area contributed by atoms with E-state index >= 15 is 0 Å². The number of rotatable bonds is 13. The van der Waals surface area contributed by atoms with Crippen molar-refractivity contribution in [1.29, 1.82) is 0 Å². The quantitative estimate of drug-likeness (QED) is 0.154. The molecule has 2 aromatic carbocycles. The van der Waals surface area contributed by atoms with Crippen molar-refractivity contribution >= 4 is 55.1 Å². The molecule has 0 fully saturated rings. The summed E-state index contributed by atoms with van der Waals surface area (Å²) in [5, 5.41) is 8.36. The Labute approximate surface area is 218 Å². The van der Waals surface area contributed by atoms with Crippen molar-refractivity contribution in [3.05, 3.63) is 68.6 Å². The van der Waals surface area contributed by atoms with Gasteiger partial charge in [-0.15, -0.1) is 0 Å². The molecule has 0 saturated carbocycles. The first-order valence-electron chi connectivity index (χ1n) is 11.5. The van der Waals surface area contributed by atoms with E-state index in [-0.39, 0.29) is 11.8 Å². The number of carbonyl (C=O) groups excluding carboxylic acids is 2. The van der Waals surface area contributed by atoms with Gasteiger partial charge >= 0.3 is 0 Å². The lowest BCUT2D eigenvalue weighted by atomic mass is 10.1. The van der Waals surface area contributed by atoms with Crippen molar-refractivity contribution in [2.24, 2.45) is 10.2 Å². The van der Waals surface area contributed by atoms with Crippen molar-refractivity contribution in [2.75, 3.05) is 0 Å². The Hall–Kier alpha value is -2.32. The largest absolute Gasteiger partial charge is 0.273 e. The van der Waals surface area contributed by atoms with Crippen LogP contribution in [0.4, 0.5) is 0 Å². The van der Waals surface area contributed by atoms with Gasteiger partial charge in [0.2, 0.25) is 11.8 Å². The lowest BCUT2D eigenvalue weighted by Gasteiger charge is -2.05. The van der Waals surface area contributed by atoms with E-state index in [1.54, 1.807) is 0 Å². The zero-order valence-corrected chi connectivity index (χ0v) is 22.9. The molecule has 0 spiro atoms. The number of hydrogen-bond donors (Lipinski definition) is 2. The molecule has 0 aromatic heterocycles. The molecular formula is C26H32Br2N4O2. The van der Waals surface area contributed by atoms with E-state index in [1.807, 2.05) is 62.4 Å². The predicted octanol–water partition coefficient (Wildman–Crippen LogP) is 6.71. The fraction of sp³-hybridized carbons (Fsp3) is 0.385.